The number of carbonyl (C=O) groups excluding carboxylic acids is 1. The van der Waals surface area contributed by atoms with Gasteiger partial charge < -0.3 is 0 Å². The van der Waals surface area contributed by atoms with Crippen molar-refractivity contribution in [1.82, 2.24) is 0 Å². The van der Waals surface area contributed by atoms with Gasteiger partial charge in [-0.05, 0) is 51.2 Å². The number of Topliss-reactive ketones (excluding diaryl/α,β-unsaturated/α-hetero) is 1. The van der Waals surface area contributed by atoms with Gasteiger partial charge in [0.15, 0.2) is 14.2 Å². The van der Waals surface area contributed by atoms with Crippen LogP contribution in [0.4, 0.5) is 0 Å². The van der Waals surface area contributed by atoms with E-state index in [2.05, 4.69) is 26.0 Å². The van der Waals surface area contributed by atoms with E-state index in [-0.39, 0.29) is 19.9 Å². The summed E-state index contributed by atoms with van der Waals surface area (Å²) in [6.45, 7) is 8.33. The van der Waals surface area contributed by atoms with Crippen LogP contribution in [-0.4, -0.2) is 11.4 Å². The molecule has 0 aromatic heterocycles. The number of unbranched alkanes of at least 4 members (excludes halogenated alkanes) is 2. The highest BCUT2D eigenvalue weighted by atomic mass is 31.1. The third kappa shape index (κ3) is 3.80. The minimum absolute atomic E-state index is 0.0286. The second-order valence-electron chi connectivity index (χ2n) is 7.58. The Kier molecular flexibility index (Phi) is 6.75. The topological polar surface area (TPSA) is 34.1 Å². The Hall–Kier alpha value is -1.01. The molecule has 1 atom stereocenters. The highest BCUT2D eigenvalue weighted by molar-refractivity contribution is 7.24. The van der Waals surface area contributed by atoms with Gasteiger partial charge in [0.25, 0.3) is 0 Å². The number of benzene rings is 1. The maximum Gasteiger partial charge on any atom is 0.170 e. The molecule has 2 rings (SSSR count). The zero-order chi connectivity index (χ0) is 17.7. The summed E-state index contributed by atoms with van der Waals surface area (Å²) in [6.07, 6.45) is 8.21. The zero-order valence-electron chi connectivity index (χ0n) is 15.7. The molecule has 0 radical (unpaired) electrons. The molecule has 0 heterocycles. The monoisotopic (exact) mass is 346 g/mol. The second-order valence-corrected chi connectivity index (χ2v) is 8.42. The SMILES string of the molecule is CCCCCC(P=O)C1(C(=O)c2c(C)cc(C)cc2C)CCCC1. The van der Waals surface area contributed by atoms with Gasteiger partial charge in [-0.3, -0.25) is 9.36 Å². The van der Waals surface area contributed by atoms with E-state index < -0.39 is 5.41 Å². The van der Waals surface area contributed by atoms with Crippen LogP contribution < -0.4 is 0 Å². The largest absolute Gasteiger partial charge is 0.293 e. The summed E-state index contributed by atoms with van der Waals surface area (Å²) in [6, 6.07) is 4.20. The predicted octanol–water partition coefficient (Wildman–Crippen LogP) is 6.60. The first kappa shape index (κ1) is 19.3. The van der Waals surface area contributed by atoms with Crippen molar-refractivity contribution in [3.63, 3.8) is 0 Å². The number of carbonyl (C=O) groups is 1. The van der Waals surface area contributed by atoms with Crippen LogP contribution in [0.2, 0.25) is 0 Å². The summed E-state index contributed by atoms with van der Waals surface area (Å²) in [5.41, 5.74) is 3.77. The molecule has 0 spiro atoms. The van der Waals surface area contributed by atoms with E-state index in [1.54, 1.807) is 0 Å². The van der Waals surface area contributed by atoms with Crippen molar-refractivity contribution in [2.24, 2.45) is 5.41 Å². The van der Waals surface area contributed by atoms with Gasteiger partial charge in [-0.15, -0.1) is 0 Å². The fourth-order valence-corrected chi connectivity index (χ4v) is 5.39. The van der Waals surface area contributed by atoms with Gasteiger partial charge in [0.2, 0.25) is 0 Å². The van der Waals surface area contributed by atoms with Crippen LogP contribution in [0.5, 0.6) is 0 Å². The quantitative estimate of drug-likeness (QED) is 0.302. The number of hydrogen-bond acceptors (Lipinski definition) is 2. The molecule has 1 aromatic carbocycles. The summed E-state index contributed by atoms with van der Waals surface area (Å²) in [7, 11) is 0.153. The van der Waals surface area contributed by atoms with Crippen molar-refractivity contribution < 1.29 is 9.36 Å². The molecular weight excluding hydrogens is 315 g/mol. The third-order valence-corrected chi connectivity index (χ3v) is 6.71. The molecule has 0 N–H and O–H groups in total. The molecule has 0 saturated heterocycles. The molecule has 0 amide bonds. The lowest BCUT2D eigenvalue weighted by Gasteiger charge is -2.33. The highest BCUT2D eigenvalue weighted by Gasteiger charge is 2.48. The van der Waals surface area contributed by atoms with Crippen LogP contribution in [0.15, 0.2) is 12.1 Å². The molecule has 2 nitrogen and oxygen atoms in total. The first-order valence-corrected chi connectivity index (χ1v) is 10.3. The van der Waals surface area contributed by atoms with E-state index in [0.29, 0.717) is 0 Å². The molecule has 1 aliphatic carbocycles. The molecule has 24 heavy (non-hydrogen) atoms. The van der Waals surface area contributed by atoms with E-state index in [1.165, 1.54) is 5.56 Å². The Morgan fingerprint density at radius 3 is 2.21 bits per heavy atom. The maximum absolute atomic E-state index is 13.6. The molecule has 1 aliphatic rings. The van der Waals surface area contributed by atoms with Gasteiger partial charge in [-0.25, -0.2) is 0 Å². The second kappa shape index (κ2) is 8.39. The van der Waals surface area contributed by atoms with Crippen LogP contribution in [0.25, 0.3) is 0 Å². The van der Waals surface area contributed by atoms with Gasteiger partial charge in [0.1, 0.15) is 0 Å². The van der Waals surface area contributed by atoms with Crippen LogP contribution in [0.3, 0.4) is 0 Å². The van der Waals surface area contributed by atoms with Crippen LogP contribution in [-0.2, 0) is 4.57 Å². The van der Waals surface area contributed by atoms with Gasteiger partial charge >= 0.3 is 0 Å². The van der Waals surface area contributed by atoms with Crippen LogP contribution in [0, 0.1) is 26.2 Å². The van der Waals surface area contributed by atoms with E-state index in [0.717, 1.165) is 68.1 Å². The van der Waals surface area contributed by atoms with Crippen molar-refractivity contribution in [3.8, 4) is 0 Å². The molecule has 1 aromatic rings. The van der Waals surface area contributed by atoms with Crippen molar-refractivity contribution >= 4 is 14.2 Å². The lowest BCUT2D eigenvalue weighted by Crippen LogP contribution is -2.38. The number of ketones is 1. The van der Waals surface area contributed by atoms with Crippen molar-refractivity contribution in [2.75, 3.05) is 0 Å². The summed E-state index contributed by atoms with van der Waals surface area (Å²) in [5.74, 6) is 0.250. The lowest BCUT2D eigenvalue weighted by molar-refractivity contribution is 0.0784. The number of hydrogen-bond donors (Lipinski definition) is 0. The first-order valence-electron chi connectivity index (χ1n) is 9.41. The van der Waals surface area contributed by atoms with E-state index in [1.807, 2.05) is 13.8 Å². The maximum atomic E-state index is 13.6. The third-order valence-electron chi connectivity index (χ3n) is 5.70. The number of aryl methyl sites for hydroxylation is 3. The Bertz CT molecular complexity index is 577. The van der Waals surface area contributed by atoms with Crippen LogP contribution in [0.1, 0.15) is 85.3 Å². The molecule has 3 heteroatoms. The fourth-order valence-electron chi connectivity index (χ4n) is 4.52. The van der Waals surface area contributed by atoms with Gasteiger partial charge in [-0.2, -0.15) is 0 Å². The van der Waals surface area contributed by atoms with Crippen LogP contribution >= 0.6 is 8.46 Å². The lowest BCUT2D eigenvalue weighted by atomic mass is 9.72. The fraction of sp³-hybridized carbons (Fsp3) is 0.667. The minimum Gasteiger partial charge on any atom is -0.293 e. The summed E-state index contributed by atoms with van der Waals surface area (Å²) in [4.78, 5) is 13.6. The summed E-state index contributed by atoms with van der Waals surface area (Å²) >= 11 is 0. The molecule has 0 aliphatic heterocycles. The van der Waals surface area contributed by atoms with E-state index in [9.17, 15) is 9.36 Å². The van der Waals surface area contributed by atoms with Crippen molar-refractivity contribution in [1.29, 1.82) is 0 Å². The molecular formula is C21H31O2P. The molecule has 1 saturated carbocycles. The predicted molar refractivity (Wildman–Crippen MR) is 101 cm³/mol. The standard InChI is InChI=1S/C21H31O2P/c1-5-6-7-10-18(24-23)21(11-8-9-12-21)20(22)19-16(3)13-15(2)14-17(19)4/h13-14,18H,5-12H2,1-4H3. The van der Waals surface area contributed by atoms with Crippen molar-refractivity contribution in [2.45, 2.75) is 84.7 Å². The number of rotatable bonds is 8. The Morgan fingerprint density at radius 1 is 1.12 bits per heavy atom. The van der Waals surface area contributed by atoms with E-state index >= 15 is 0 Å². The normalized spacial score (nSPS) is 18.0. The molecule has 0 bridgehead atoms. The average molecular weight is 346 g/mol. The Labute approximate surface area is 148 Å². The van der Waals surface area contributed by atoms with Gasteiger partial charge in [-0.1, -0.05) is 56.7 Å². The average Bonchev–Trinajstić information content (AvgIpc) is 3.01. The van der Waals surface area contributed by atoms with Crippen molar-refractivity contribution in [3.05, 3.63) is 34.4 Å². The zero-order valence-corrected chi connectivity index (χ0v) is 16.5. The Balaban J connectivity index is 2.39. The summed E-state index contributed by atoms with van der Waals surface area (Å²) < 4.78 is 12.0. The van der Waals surface area contributed by atoms with Gasteiger partial charge in [0.05, 0.1) is 5.66 Å². The van der Waals surface area contributed by atoms with E-state index in [4.69, 9.17) is 0 Å². The molecule has 1 fully saturated rings. The minimum atomic E-state index is -0.415. The van der Waals surface area contributed by atoms with Gasteiger partial charge in [0, 0.05) is 11.0 Å². The Morgan fingerprint density at radius 2 is 1.71 bits per heavy atom. The smallest absolute Gasteiger partial charge is 0.170 e. The first-order chi connectivity index (χ1) is 11.5. The molecule has 1 unspecified atom stereocenters. The molecule has 132 valence electrons. The highest BCUT2D eigenvalue weighted by Crippen LogP contribution is 2.50. The summed E-state index contributed by atoms with van der Waals surface area (Å²) in [5, 5.41) is 0.